The number of alkyl halides is 3. The third kappa shape index (κ3) is 22.0. The molecule has 12 aromatic rings. The summed E-state index contributed by atoms with van der Waals surface area (Å²) in [6, 6.07) is 35.8. The number of benzene rings is 4. The van der Waals surface area contributed by atoms with E-state index in [0.717, 1.165) is 141 Å². The molecule has 8 aromatic heterocycles. The Morgan fingerprint density at radius 3 is 1.11 bits per heavy atom. The van der Waals surface area contributed by atoms with Crippen molar-refractivity contribution in [3.63, 3.8) is 0 Å². The number of esters is 1. The van der Waals surface area contributed by atoms with Crippen LogP contribution in [0.3, 0.4) is 0 Å². The number of nitrogens with one attached hydrogen (secondary N) is 4. The highest BCUT2D eigenvalue weighted by Crippen LogP contribution is 2.42. The van der Waals surface area contributed by atoms with E-state index in [1.807, 2.05) is 59.7 Å². The van der Waals surface area contributed by atoms with Crippen molar-refractivity contribution in [3.05, 3.63) is 128 Å². The zero-order chi connectivity index (χ0) is 76.0. The summed E-state index contributed by atoms with van der Waals surface area (Å²) >= 11 is 12.9. The average Bonchev–Trinajstić information content (AvgIpc) is 1.66. The number of hydrogen-bond acceptors (Lipinski definition) is 22. The van der Waals surface area contributed by atoms with Gasteiger partial charge in [-0.15, -0.1) is 45.3 Å². The Morgan fingerprint density at radius 1 is 0.458 bits per heavy atom. The maximum atomic E-state index is 12.1. The number of hydrogen-bond donors (Lipinski definition) is 7. The van der Waals surface area contributed by atoms with E-state index < -0.39 is 23.3 Å². The monoisotopic (exact) mass is 1550 g/mol. The van der Waals surface area contributed by atoms with Crippen LogP contribution in [0.4, 0.5) is 35.4 Å². The number of halogens is 4. The molecule has 16 rings (SSSR count). The molecule has 0 saturated heterocycles. The van der Waals surface area contributed by atoms with Crippen LogP contribution in [0.25, 0.3) is 81.2 Å². The second-order valence-electron chi connectivity index (χ2n) is 29.7. The topological polar surface area (TPSA) is 293 Å². The number of thiophene rings is 4. The van der Waals surface area contributed by atoms with Gasteiger partial charge in [-0.3, -0.25) is 4.79 Å². The van der Waals surface area contributed by atoms with Crippen LogP contribution in [-0.2, 0) is 19.1 Å². The molecule has 107 heavy (non-hydrogen) atoms. The Kier molecular flexibility index (Phi) is 27.0. The summed E-state index contributed by atoms with van der Waals surface area (Å²) in [5.41, 5.74) is 10.9. The summed E-state index contributed by atoms with van der Waals surface area (Å²) in [6.07, 6.45) is 20.6. The Morgan fingerprint density at radius 2 is 0.766 bits per heavy atom. The normalized spacial score (nSPS) is 20.4. The molecule has 4 aliphatic carbocycles. The molecule has 9 N–H and O–H groups in total. The van der Waals surface area contributed by atoms with Crippen LogP contribution in [0, 0.1) is 11.8 Å². The summed E-state index contributed by atoms with van der Waals surface area (Å²) in [7, 11) is 0. The molecule has 568 valence electrons. The maximum absolute atomic E-state index is 12.1. The van der Waals surface area contributed by atoms with Crippen molar-refractivity contribution in [1.29, 1.82) is 0 Å². The van der Waals surface area contributed by atoms with E-state index in [2.05, 4.69) is 147 Å². The molecule has 4 aromatic carbocycles. The van der Waals surface area contributed by atoms with Gasteiger partial charge in [0.1, 0.15) is 78.4 Å². The van der Waals surface area contributed by atoms with Crippen molar-refractivity contribution in [3.8, 4) is 0 Å². The number of rotatable bonds is 10. The first-order chi connectivity index (χ1) is 51.2. The van der Waals surface area contributed by atoms with Crippen molar-refractivity contribution >= 4 is 174 Å². The summed E-state index contributed by atoms with van der Waals surface area (Å²) in [5.74, 6) is 1.42. The highest BCUT2D eigenvalue weighted by Gasteiger charge is 2.38. The first-order valence-corrected chi connectivity index (χ1v) is 40.3. The lowest BCUT2D eigenvalue weighted by Gasteiger charge is -2.30. The fraction of sp³-hybridized carbons (Fsp3) is 0.456. The number of carbonyl (C=O) groups is 3. The number of carboxylic acid groups (broad SMARTS) is 1. The van der Waals surface area contributed by atoms with Crippen LogP contribution in [0.1, 0.15) is 164 Å². The number of anilines is 3. The predicted octanol–water partition coefficient (Wildman–Crippen LogP) is 20.2. The molecule has 1 amide bonds. The lowest BCUT2D eigenvalue weighted by Crippen LogP contribution is -2.42. The van der Waals surface area contributed by atoms with Gasteiger partial charge in [0.2, 0.25) is 0 Å². The van der Waals surface area contributed by atoms with E-state index in [4.69, 9.17) is 42.4 Å². The molecule has 8 heterocycles. The standard InChI is InChI=1S/C22H27N3O2S.C18H21N3S.C16H18N4S.C11H22N2O2.C10H5ClN2S.C2HF3O2/c1-22(2,3)27-18(26)12-14-8-10-15(11-9-14)25-20-19-16-6-4-5-7-17(16)28-21(19)24-13-23-20;1-2-12-7-9-13(10-8-12)21-17-16-14-5-3-4-6-15(14)22-18(16)20-11-19-17;17-10-5-7-11(8-6-10)20-15-14-12-3-1-2-4-13(12)21-16(14)19-9-18-15;1-11(2,3)15-10(14)13-9-6-4-8(12)5-7-9;11-9-8-6-3-1-2-4-7(6)14-10(8)13-5-12-9;3-2(4,5)1(6)7/h4-7,13-15H,8-12H2,1-3H3,(H,23,24,25);3-6,11-13H,2,7-10H2,1H3,(H,19,20,21);1-4,9-11H,5-8,17H2,(H,18,19,20);8-9H,4-7,12H2,1-3H3,(H,13,14);1-5H;(H,6,7). The highest BCUT2D eigenvalue weighted by atomic mass is 35.5. The molecule has 0 bridgehead atoms. The number of aromatic nitrogens is 8. The van der Waals surface area contributed by atoms with Crippen LogP contribution in [0.15, 0.2) is 122 Å². The fourth-order valence-corrected chi connectivity index (χ4v) is 18.4. The molecule has 0 spiro atoms. The molecule has 0 atom stereocenters. The van der Waals surface area contributed by atoms with Gasteiger partial charge < -0.3 is 47.3 Å². The summed E-state index contributed by atoms with van der Waals surface area (Å²) in [4.78, 5) is 71.7. The predicted molar refractivity (Wildman–Crippen MR) is 431 cm³/mol. The smallest absolute Gasteiger partial charge is 0.475 e. The van der Waals surface area contributed by atoms with Crippen LogP contribution in [0.5, 0.6) is 0 Å². The highest BCUT2D eigenvalue weighted by molar-refractivity contribution is 7.26. The number of alkyl carbamates (subject to hydrolysis) is 1. The molecule has 4 aliphatic rings. The quantitative estimate of drug-likeness (QED) is 0.0494. The van der Waals surface area contributed by atoms with Gasteiger partial charge in [0, 0.05) is 83.0 Å². The van der Waals surface area contributed by atoms with Crippen molar-refractivity contribution < 1.29 is 42.1 Å². The average molecular weight is 1560 g/mol. The van der Waals surface area contributed by atoms with Crippen molar-refractivity contribution in [2.75, 3.05) is 16.0 Å². The minimum Gasteiger partial charge on any atom is -0.475 e. The lowest BCUT2D eigenvalue weighted by molar-refractivity contribution is -0.192. The third-order valence-electron chi connectivity index (χ3n) is 19.3. The minimum atomic E-state index is -5.08. The van der Waals surface area contributed by atoms with Gasteiger partial charge in [-0.2, -0.15) is 13.2 Å². The van der Waals surface area contributed by atoms with E-state index in [1.54, 1.807) is 64.3 Å². The Labute approximate surface area is 641 Å². The van der Waals surface area contributed by atoms with E-state index >= 15 is 0 Å². The summed E-state index contributed by atoms with van der Waals surface area (Å²) in [6.45, 7) is 13.7. The molecule has 20 nitrogen and oxygen atoms in total. The zero-order valence-corrected chi connectivity index (χ0v) is 65.3. The van der Waals surface area contributed by atoms with E-state index in [1.165, 1.54) is 78.8 Å². The van der Waals surface area contributed by atoms with E-state index in [9.17, 15) is 22.8 Å². The zero-order valence-electron chi connectivity index (χ0n) is 61.3. The van der Waals surface area contributed by atoms with E-state index in [-0.39, 0.29) is 18.1 Å². The fourth-order valence-electron chi connectivity index (χ4n) is 13.9. The molecule has 0 unspecified atom stereocenters. The van der Waals surface area contributed by atoms with Gasteiger partial charge in [0.25, 0.3) is 0 Å². The van der Waals surface area contributed by atoms with Gasteiger partial charge >= 0.3 is 24.2 Å². The molecule has 0 aliphatic heterocycles. The minimum absolute atomic E-state index is 0.0776. The van der Waals surface area contributed by atoms with Gasteiger partial charge in [0.05, 0.1) is 21.5 Å². The number of nitrogens with zero attached hydrogens (tertiary/aromatic N) is 8. The number of nitrogens with two attached hydrogens (primary N) is 2. The SMILES string of the molecule is CC(C)(C)OC(=O)CC1CCC(Nc2ncnc3sc4ccccc4c23)CC1.CC(C)(C)OC(=O)NC1CCC(N)CC1.CCC1CCC(Nc2ncnc3sc4ccccc4c23)CC1.Clc1ncnc2sc3ccccc3c12.NC1CCC(Nc2ncnc3sc4ccccc4c23)CC1.O=C(O)C(F)(F)F. The lowest BCUT2D eigenvalue weighted by atomic mass is 9.84. The van der Waals surface area contributed by atoms with Gasteiger partial charge in [-0.05, 0) is 180 Å². The van der Waals surface area contributed by atoms with Crippen molar-refractivity contribution in [2.45, 2.75) is 218 Å². The first kappa shape index (κ1) is 79.7. The third-order valence-corrected chi connectivity index (χ3v) is 23.9. The van der Waals surface area contributed by atoms with E-state index in [0.29, 0.717) is 47.7 Å². The number of carbonyl (C=O) groups excluding carboxylic acids is 2. The molecule has 4 fully saturated rings. The van der Waals surface area contributed by atoms with Gasteiger partial charge in [-0.1, -0.05) is 97.7 Å². The molecule has 28 heteroatoms. The number of ether oxygens (including phenoxy) is 2. The van der Waals surface area contributed by atoms with Crippen LogP contribution in [0.2, 0.25) is 5.15 Å². The number of amides is 1. The van der Waals surface area contributed by atoms with Crippen LogP contribution in [-0.4, -0.2) is 117 Å². The Bertz CT molecular complexity index is 4960. The summed E-state index contributed by atoms with van der Waals surface area (Å²) < 4.78 is 47.4. The first-order valence-electron chi connectivity index (χ1n) is 36.7. The molecule has 0 radical (unpaired) electrons. The molecular weight excluding hydrogens is 1460 g/mol. The maximum Gasteiger partial charge on any atom is 0.490 e. The second-order valence-corrected chi connectivity index (χ2v) is 34.2. The molecular formula is C79H94ClF3N14O6S4. The Balaban J connectivity index is 0.000000133. The number of carboxylic acids is 1. The Hall–Kier alpha value is -8.31. The number of aliphatic carboxylic acids is 1. The molecule has 4 saturated carbocycles. The van der Waals surface area contributed by atoms with Crippen molar-refractivity contribution in [1.82, 2.24) is 45.2 Å². The van der Waals surface area contributed by atoms with Gasteiger partial charge in [0.15, 0.2) is 0 Å². The number of fused-ring (bicyclic) bond motifs is 12. The summed E-state index contributed by atoms with van der Waals surface area (Å²) in [5, 5.41) is 30.8. The van der Waals surface area contributed by atoms with Gasteiger partial charge in [-0.25, -0.2) is 49.5 Å². The van der Waals surface area contributed by atoms with Crippen LogP contribution < -0.4 is 32.7 Å². The second kappa shape index (κ2) is 36.3. The van der Waals surface area contributed by atoms with Crippen LogP contribution >= 0.6 is 56.9 Å². The largest absolute Gasteiger partial charge is 0.490 e. The van der Waals surface area contributed by atoms with Crippen molar-refractivity contribution in [2.24, 2.45) is 23.3 Å².